The first-order chi connectivity index (χ1) is 13.5. The van der Waals surface area contributed by atoms with Crippen LogP contribution in [0.2, 0.25) is 0 Å². The van der Waals surface area contributed by atoms with E-state index in [1.165, 1.54) is 11.4 Å². The third kappa shape index (κ3) is 3.43. The van der Waals surface area contributed by atoms with Gasteiger partial charge in [0.2, 0.25) is 10.0 Å². The van der Waals surface area contributed by atoms with E-state index in [2.05, 4.69) is 11.0 Å². The smallest absolute Gasteiger partial charge is 0.246 e. The van der Waals surface area contributed by atoms with E-state index in [1.807, 2.05) is 43.3 Å². The molecule has 28 heavy (non-hydrogen) atoms. The van der Waals surface area contributed by atoms with Gasteiger partial charge in [0.05, 0.1) is 12.6 Å². The average molecular weight is 398 g/mol. The first-order valence-corrected chi connectivity index (χ1v) is 10.7. The van der Waals surface area contributed by atoms with Crippen molar-refractivity contribution in [1.29, 1.82) is 0 Å². The van der Waals surface area contributed by atoms with Crippen molar-refractivity contribution in [2.45, 2.75) is 11.8 Å². The Hall–Kier alpha value is -2.64. The van der Waals surface area contributed by atoms with Crippen molar-refractivity contribution in [1.82, 2.24) is 9.29 Å². The second-order valence-electron chi connectivity index (χ2n) is 6.91. The molecule has 7 heteroatoms. The lowest BCUT2D eigenvalue weighted by molar-refractivity contribution is 0.373. The maximum atomic E-state index is 13.1. The van der Waals surface area contributed by atoms with Crippen LogP contribution in [0.25, 0.3) is 10.9 Å². The van der Waals surface area contributed by atoms with Crippen LogP contribution in [0.1, 0.15) is 5.56 Å². The molecule has 0 aliphatic carbocycles. The molecule has 0 amide bonds. The zero-order valence-corrected chi connectivity index (χ0v) is 16.8. The van der Waals surface area contributed by atoms with Gasteiger partial charge in [0.1, 0.15) is 16.5 Å². The number of methoxy groups -OCH3 is 1. The van der Waals surface area contributed by atoms with Crippen LogP contribution >= 0.6 is 0 Å². The van der Waals surface area contributed by atoms with E-state index in [0.29, 0.717) is 31.9 Å². The van der Waals surface area contributed by atoms with Gasteiger partial charge < -0.3 is 9.64 Å². The fraction of sp³-hybridized carbons (Fsp3) is 0.286. The number of piperazine rings is 1. The van der Waals surface area contributed by atoms with E-state index in [4.69, 9.17) is 9.72 Å². The van der Waals surface area contributed by atoms with E-state index >= 15 is 0 Å². The molecule has 2 heterocycles. The fourth-order valence-corrected chi connectivity index (χ4v) is 5.18. The summed E-state index contributed by atoms with van der Waals surface area (Å²) in [5.74, 6) is 1.26. The second-order valence-corrected chi connectivity index (χ2v) is 8.81. The second kappa shape index (κ2) is 7.41. The van der Waals surface area contributed by atoms with Gasteiger partial charge in [-0.05, 0) is 42.8 Å². The Morgan fingerprint density at radius 1 is 0.964 bits per heavy atom. The van der Waals surface area contributed by atoms with Gasteiger partial charge in [-0.3, -0.25) is 0 Å². The summed E-state index contributed by atoms with van der Waals surface area (Å²) in [5, 5.41) is 1.10. The minimum Gasteiger partial charge on any atom is -0.495 e. The molecule has 2 aromatic carbocycles. The fourth-order valence-electron chi connectivity index (χ4n) is 3.51. The number of fused-ring (bicyclic) bond motifs is 1. The Kier molecular flexibility index (Phi) is 4.95. The Balaban J connectivity index is 1.54. The number of hydrogen-bond acceptors (Lipinski definition) is 5. The molecule has 0 saturated carbocycles. The summed E-state index contributed by atoms with van der Waals surface area (Å²) in [4.78, 5) is 7.08. The standard InChI is InChI=1S/C21H23N3O3S/c1-16-7-9-19(27-2)20(15-16)28(25,26)24-13-11-23(12-14-24)21-10-8-17-5-3-4-6-18(17)22-21/h3-10,15H,11-14H2,1-2H3. The van der Waals surface area contributed by atoms with E-state index in [1.54, 1.807) is 12.1 Å². The van der Waals surface area contributed by atoms with E-state index in [9.17, 15) is 8.42 Å². The van der Waals surface area contributed by atoms with Crippen LogP contribution in [0.15, 0.2) is 59.5 Å². The normalized spacial score (nSPS) is 15.7. The number of benzene rings is 2. The molecule has 3 aromatic rings. The molecule has 1 aliphatic rings. The molecular weight excluding hydrogens is 374 g/mol. The van der Waals surface area contributed by atoms with Crippen molar-refractivity contribution in [3.63, 3.8) is 0 Å². The van der Waals surface area contributed by atoms with Crippen LogP contribution in [0.3, 0.4) is 0 Å². The molecule has 1 aliphatic heterocycles. The van der Waals surface area contributed by atoms with Gasteiger partial charge in [-0.1, -0.05) is 24.3 Å². The zero-order chi connectivity index (χ0) is 19.7. The van der Waals surface area contributed by atoms with Gasteiger partial charge in [0, 0.05) is 31.6 Å². The summed E-state index contributed by atoms with van der Waals surface area (Å²) in [7, 11) is -2.11. The van der Waals surface area contributed by atoms with Crippen LogP contribution in [-0.2, 0) is 10.0 Å². The molecule has 0 radical (unpaired) electrons. The lowest BCUT2D eigenvalue weighted by Crippen LogP contribution is -2.49. The maximum Gasteiger partial charge on any atom is 0.246 e. The van der Waals surface area contributed by atoms with Crippen molar-refractivity contribution in [3.8, 4) is 5.75 Å². The summed E-state index contributed by atoms with van der Waals surface area (Å²) in [6.45, 7) is 3.89. The van der Waals surface area contributed by atoms with Crippen LogP contribution in [0.5, 0.6) is 5.75 Å². The molecule has 1 saturated heterocycles. The van der Waals surface area contributed by atoms with Crippen molar-refractivity contribution >= 4 is 26.7 Å². The number of hydrogen-bond donors (Lipinski definition) is 0. The Morgan fingerprint density at radius 3 is 2.46 bits per heavy atom. The summed E-state index contributed by atoms with van der Waals surface area (Å²) >= 11 is 0. The highest BCUT2D eigenvalue weighted by Crippen LogP contribution is 2.29. The Labute approximate surface area is 165 Å². The number of anilines is 1. The van der Waals surface area contributed by atoms with Gasteiger partial charge in [-0.2, -0.15) is 4.31 Å². The number of pyridine rings is 1. The lowest BCUT2D eigenvalue weighted by Gasteiger charge is -2.35. The van der Waals surface area contributed by atoms with Crippen LogP contribution in [-0.4, -0.2) is 51.0 Å². The largest absolute Gasteiger partial charge is 0.495 e. The predicted molar refractivity (Wildman–Crippen MR) is 110 cm³/mol. The van der Waals surface area contributed by atoms with Crippen LogP contribution in [0, 0.1) is 6.92 Å². The molecule has 0 bridgehead atoms. The highest BCUT2D eigenvalue weighted by molar-refractivity contribution is 7.89. The van der Waals surface area contributed by atoms with Crippen LogP contribution in [0.4, 0.5) is 5.82 Å². The Bertz CT molecular complexity index is 1110. The molecule has 6 nitrogen and oxygen atoms in total. The highest BCUT2D eigenvalue weighted by atomic mass is 32.2. The number of nitrogens with zero attached hydrogens (tertiary/aromatic N) is 3. The lowest BCUT2D eigenvalue weighted by atomic mass is 10.2. The summed E-state index contributed by atoms with van der Waals surface area (Å²) in [6, 6.07) is 17.3. The van der Waals surface area contributed by atoms with Crippen molar-refractivity contribution in [2.75, 3.05) is 38.2 Å². The van der Waals surface area contributed by atoms with Gasteiger partial charge in [-0.25, -0.2) is 13.4 Å². The summed E-state index contributed by atoms with van der Waals surface area (Å²) in [6.07, 6.45) is 0. The van der Waals surface area contributed by atoms with Crippen LogP contribution < -0.4 is 9.64 Å². The van der Waals surface area contributed by atoms with Crippen molar-refractivity contribution in [3.05, 3.63) is 60.2 Å². The molecule has 0 unspecified atom stereocenters. The number of aromatic nitrogens is 1. The first kappa shape index (κ1) is 18.7. The summed E-state index contributed by atoms with van der Waals surface area (Å²) < 4.78 is 33.1. The molecular formula is C21H23N3O3S. The van der Waals surface area contributed by atoms with E-state index in [-0.39, 0.29) is 4.90 Å². The molecule has 1 aromatic heterocycles. The van der Waals surface area contributed by atoms with Crippen molar-refractivity contribution in [2.24, 2.45) is 0 Å². The van der Waals surface area contributed by atoms with Crippen molar-refractivity contribution < 1.29 is 13.2 Å². The SMILES string of the molecule is COc1ccc(C)cc1S(=O)(=O)N1CCN(c2ccc3ccccc3n2)CC1. The van der Waals surface area contributed by atoms with Gasteiger partial charge in [-0.15, -0.1) is 0 Å². The number of para-hydroxylation sites is 1. The average Bonchev–Trinajstić information content (AvgIpc) is 2.73. The Morgan fingerprint density at radius 2 is 1.71 bits per heavy atom. The predicted octanol–water partition coefficient (Wildman–Crippen LogP) is 3.06. The van der Waals surface area contributed by atoms with Gasteiger partial charge >= 0.3 is 0 Å². The minimum absolute atomic E-state index is 0.229. The number of rotatable bonds is 4. The third-order valence-corrected chi connectivity index (χ3v) is 7.00. The minimum atomic E-state index is -3.61. The topological polar surface area (TPSA) is 62.7 Å². The quantitative estimate of drug-likeness (QED) is 0.677. The molecule has 146 valence electrons. The molecule has 0 N–H and O–H groups in total. The highest BCUT2D eigenvalue weighted by Gasteiger charge is 2.31. The number of aryl methyl sites for hydroxylation is 1. The van der Waals surface area contributed by atoms with E-state index < -0.39 is 10.0 Å². The van der Waals surface area contributed by atoms with E-state index in [0.717, 1.165) is 22.3 Å². The molecule has 4 rings (SSSR count). The monoisotopic (exact) mass is 397 g/mol. The summed E-state index contributed by atoms with van der Waals surface area (Å²) in [5.41, 5.74) is 1.83. The third-order valence-electron chi connectivity index (χ3n) is 5.08. The molecule has 1 fully saturated rings. The van der Waals surface area contributed by atoms with Gasteiger partial charge in [0.15, 0.2) is 0 Å². The zero-order valence-electron chi connectivity index (χ0n) is 16.0. The first-order valence-electron chi connectivity index (χ1n) is 9.24. The number of sulfonamides is 1. The number of ether oxygens (including phenoxy) is 1. The molecule has 0 spiro atoms. The molecule has 0 atom stereocenters. The maximum absolute atomic E-state index is 13.1. The van der Waals surface area contributed by atoms with Gasteiger partial charge in [0.25, 0.3) is 0 Å².